The van der Waals surface area contributed by atoms with Gasteiger partial charge in [-0.1, -0.05) is 11.8 Å². The quantitative estimate of drug-likeness (QED) is 0.708. The van der Waals surface area contributed by atoms with Gasteiger partial charge in [-0.2, -0.15) is 0 Å². The van der Waals surface area contributed by atoms with Crippen molar-refractivity contribution in [2.24, 2.45) is 4.99 Å². The fourth-order valence-electron chi connectivity index (χ4n) is 1.50. The van der Waals surface area contributed by atoms with E-state index in [-0.39, 0.29) is 24.8 Å². The van der Waals surface area contributed by atoms with Crippen LogP contribution in [0.1, 0.15) is 6.42 Å². The lowest BCUT2D eigenvalue weighted by Gasteiger charge is -2.31. The second-order valence-corrected chi connectivity index (χ2v) is 4.17. The summed E-state index contributed by atoms with van der Waals surface area (Å²) in [6.45, 7) is 5.52. The van der Waals surface area contributed by atoms with Crippen LogP contribution in [0, 0.1) is 0 Å². The van der Waals surface area contributed by atoms with Crippen molar-refractivity contribution in [2.45, 2.75) is 6.42 Å². The number of halogens is 2. The molecule has 0 aromatic rings. The van der Waals surface area contributed by atoms with Gasteiger partial charge in [-0.15, -0.1) is 24.8 Å². The molecule has 6 heteroatoms. The molecule has 0 amide bonds. The molecule has 2 aliphatic heterocycles. The van der Waals surface area contributed by atoms with E-state index in [0.29, 0.717) is 0 Å². The predicted octanol–water partition coefficient (Wildman–Crippen LogP) is 1.23. The fraction of sp³-hybridized carbons (Fsp3) is 0.875. The molecule has 84 valence electrons. The first kappa shape index (κ1) is 14.4. The minimum absolute atomic E-state index is 0. The van der Waals surface area contributed by atoms with Crippen LogP contribution < -0.4 is 5.32 Å². The van der Waals surface area contributed by atoms with Crippen LogP contribution in [0.2, 0.25) is 0 Å². The second kappa shape index (κ2) is 7.63. The molecule has 0 atom stereocenters. The summed E-state index contributed by atoms with van der Waals surface area (Å²) in [7, 11) is 0. The maximum absolute atomic E-state index is 4.53. The van der Waals surface area contributed by atoms with Crippen LogP contribution >= 0.6 is 36.6 Å². The van der Waals surface area contributed by atoms with Gasteiger partial charge in [0.05, 0.1) is 0 Å². The van der Waals surface area contributed by atoms with E-state index in [1.165, 1.54) is 17.3 Å². The first-order valence-electron chi connectivity index (χ1n) is 4.60. The minimum atomic E-state index is 0. The molecule has 14 heavy (non-hydrogen) atoms. The number of hydrogen-bond acceptors (Lipinski definition) is 4. The van der Waals surface area contributed by atoms with Crippen molar-refractivity contribution >= 4 is 41.7 Å². The lowest BCUT2D eigenvalue weighted by molar-refractivity contribution is 0.362. The topological polar surface area (TPSA) is 27.6 Å². The van der Waals surface area contributed by atoms with Gasteiger partial charge in [0.1, 0.15) is 0 Å². The highest BCUT2D eigenvalue weighted by Gasteiger charge is 2.16. The SMILES string of the molecule is C1CN=C(N2CCNCC2)SC1.Cl.Cl. The number of nitrogens with one attached hydrogen (secondary N) is 1. The Balaban J connectivity index is 0.000000845. The smallest absolute Gasteiger partial charge is 0.159 e. The van der Waals surface area contributed by atoms with Crippen LogP contribution in [0.4, 0.5) is 0 Å². The van der Waals surface area contributed by atoms with Crippen molar-refractivity contribution in [1.29, 1.82) is 0 Å². The van der Waals surface area contributed by atoms with Crippen molar-refractivity contribution in [1.82, 2.24) is 10.2 Å². The molecule has 1 fully saturated rings. The van der Waals surface area contributed by atoms with Gasteiger partial charge in [-0.05, 0) is 6.42 Å². The maximum Gasteiger partial charge on any atom is 0.159 e. The Morgan fingerprint density at radius 3 is 2.50 bits per heavy atom. The summed E-state index contributed by atoms with van der Waals surface area (Å²) in [6, 6.07) is 0. The Hall–Kier alpha value is 0.360. The lowest BCUT2D eigenvalue weighted by atomic mass is 10.4. The third-order valence-corrected chi connectivity index (χ3v) is 3.31. The van der Waals surface area contributed by atoms with Gasteiger partial charge < -0.3 is 10.2 Å². The number of amidine groups is 1. The normalized spacial score (nSPS) is 21.7. The van der Waals surface area contributed by atoms with Crippen LogP contribution in [0.15, 0.2) is 4.99 Å². The van der Waals surface area contributed by atoms with Gasteiger partial charge in [0, 0.05) is 38.5 Å². The highest BCUT2D eigenvalue weighted by atomic mass is 35.5. The molecule has 0 unspecified atom stereocenters. The molecule has 0 aromatic heterocycles. The molecular weight excluding hydrogens is 241 g/mol. The summed E-state index contributed by atoms with van der Waals surface area (Å²) >= 11 is 1.92. The molecular formula is C8H17Cl2N3S. The Morgan fingerprint density at radius 1 is 1.21 bits per heavy atom. The molecule has 0 spiro atoms. The molecule has 0 saturated carbocycles. The average Bonchev–Trinajstić information content (AvgIpc) is 2.21. The second-order valence-electron chi connectivity index (χ2n) is 3.10. The first-order chi connectivity index (χ1) is 5.97. The zero-order chi connectivity index (χ0) is 8.23. The first-order valence-corrected chi connectivity index (χ1v) is 5.58. The molecule has 1 N–H and O–H groups in total. The number of aliphatic imine (C=N–C) groups is 1. The van der Waals surface area contributed by atoms with E-state index >= 15 is 0 Å². The molecule has 3 nitrogen and oxygen atoms in total. The zero-order valence-electron chi connectivity index (χ0n) is 8.07. The third-order valence-electron chi connectivity index (χ3n) is 2.17. The minimum Gasteiger partial charge on any atom is -0.349 e. The monoisotopic (exact) mass is 257 g/mol. The molecule has 0 bridgehead atoms. The Kier molecular flexibility index (Phi) is 7.82. The summed E-state index contributed by atoms with van der Waals surface area (Å²) in [5.41, 5.74) is 0. The van der Waals surface area contributed by atoms with E-state index in [1.807, 2.05) is 11.8 Å². The van der Waals surface area contributed by atoms with E-state index in [4.69, 9.17) is 0 Å². The Labute approximate surface area is 102 Å². The summed E-state index contributed by atoms with van der Waals surface area (Å²) in [5, 5.41) is 4.63. The van der Waals surface area contributed by atoms with Crippen molar-refractivity contribution in [3.63, 3.8) is 0 Å². The van der Waals surface area contributed by atoms with Gasteiger partial charge in [-0.25, -0.2) is 0 Å². The number of nitrogens with zero attached hydrogens (tertiary/aromatic N) is 2. The number of rotatable bonds is 0. The van der Waals surface area contributed by atoms with Gasteiger partial charge in [0.2, 0.25) is 0 Å². The maximum atomic E-state index is 4.53. The molecule has 2 heterocycles. The largest absolute Gasteiger partial charge is 0.349 e. The van der Waals surface area contributed by atoms with E-state index in [9.17, 15) is 0 Å². The molecule has 0 aliphatic carbocycles. The summed E-state index contributed by atoms with van der Waals surface area (Å²) < 4.78 is 0. The van der Waals surface area contributed by atoms with Crippen LogP contribution in [0.3, 0.4) is 0 Å². The Morgan fingerprint density at radius 2 is 1.93 bits per heavy atom. The van der Waals surface area contributed by atoms with E-state index < -0.39 is 0 Å². The summed E-state index contributed by atoms with van der Waals surface area (Å²) in [6.07, 6.45) is 1.25. The van der Waals surface area contributed by atoms with Gasteiger partial charge in [0.25, 0.3) is 0 Å². The molecule has 1 saturated heterocycles. The fourth-order valence-corrected chi connectivity index (χ4v) is 2.50. The third kappa shape index (κ3) is 3.85. The molecule has 0 radical (unpaired) electrons. The van der Waals surface area contributed by atoms with Crippen molar-refractivity contribution < 1.29 is 0 Å². The number of thioether (sulfide) groups is 1. The summed E-state index contributed by atoms with van der Waals surface area (Å²) in [5.74, 6) is 1.25. The van der Waals surface area contributed by atoms with Gasteiger partial charge >= 0.3 is 0 Å². The van der Waals surface area contributed by atoms with Crippen LogP contribution in [-0.2, 0) is 0 Å². The highest BCUT2D eigenvalue weighted by Crippen LogP contribution is 2.15. The van der Waals surface area contributed by atoms with Crippen LogP contribution in [-0.4, -0.2) is 48.5 Å². The molecule has 2 rings (SSSR count). The predicted molar refractivity (Wildman–Crippen MR) is 68.3 cm³/mol. The van der Waals surface area contributed by atoms with E-state index in [1.54, 1.807) is 0 Å². The molecule has 0 aromatic carbocycles. The standard InChI is InChI=1S/C8H15N3S.2ClH/c1-2-10-8(12-7-1)11-5-3-9-4-6-11;;/h9H,1-7H2;2*1H. The number of piperazine rings is 1. The van der Waals surface area contributed by atoms with Crippen molar-refractivity contribution in [2.75, 3.05) is 38.5 Å². The Bertz CT molecular complexity index is 183. The summed E-state index contributed by atoms with van der Waals surface area (Å²) in [4.78, 5) is 6.93. The average molecular weight is 258 g/mol. The molecule has 2 aliphatic rings. The van der Waals surface area contributed by atoms with Crippen LogP contribution in [0.25, 0.3) is 0 Å². The zero-order valence-corrected chi connectivity index (χ0v) is 10.5. The van der Waals surface area contributed by atoms with Crippen molar-refractivity contribution in [3.05, 3.63) is 0 Å². The number of hydrogen-bond donors (Lipinski definition) is 1. The lowest BCUT2D eigenvalue weighted by Crippen LogP contribution is -2.46. The van der Waals surface area contributed by atoms with Crippen LogP contribution in [0.5, 0.6) is 0 Å². The van der Waals surface area contributed by atoms with Gasteiger partial charge in [-0.3, -0.25) is 4.99 Å². The van der Waals surface area contributed by atoms with E-state index in [2.05, 4.69) is 15.2 Å². The van der Waals surface area contributed by atoms with Crippen molar-refractivity contribution in [3.8, 4) is 0 Å². The highest BCUT2D eigenvalue weighted by molar-refractivity contribution is 8.13. The van der Waals surface area contributed by atoms with E-state index in [0.717, 1.165) is 32.7 Å². The van der Waals surface area contributed by atoms with Gasteiger partial charge in [0.15, 0.2) is 5.17 Å².